The molecule has 2 saturated heterocycles. The molecule has 2 aromatic rings. The first kappa shape index (κ1) is 27.0. The molecule has 0 radical (unpaired) electrons. The first-order valence-electron chi connectivity index (χ1n) is 14.3. The van der Waals surface area contributed by atoms with Crippen molar-refractivity contribution in [2.45, 2.75) is 69.9 Å². The number of carbonyl (C=O) groups is 3. The molecule has 0 unspecified atom stereocenters. The van der Waals surface area contributed by atoms with E-state index in [0.717, 1.165) is 24.8 Å². The fourth-order valence-corrected chi connectivity index (χ4v) is 7.45. The maximum Gasteiger partial charge on any atom is 0.246 e. The van der Waals surface area contributed by atoms with Crippen molar-refractivity contribution in [1.82, 2.24) is 10.2 Å². The van der Waals surface area contributed by atoms with E-state index in [0.29, 0.717) is 22.5 Å². The number of rotatable bonds is 6. The van der Waals surface area contributed by atoms with E-state index in [2.05, 4.69) is 24.5 Å². The van der Waals surface area contributed by atoms with Gasteiger partial charge in [0.1, 0.15) is 11.6 Å². The second-order valence-electron chi connectivity index (χ2n) is 11.9. The summed E-state index contributed by atoms with van der Waals surface area (Å²) in [7, 11) is 0. The minimum Gasteiger partial charge on any atom is -0.359 e. The van der Waals surface area contributed by atoms with Gasteiger partial charge in [-0.2, -0.15) is 0 Å². The predicted octanol–water partition coefficient (Wildman–Crippen LogP) is 5.13. The quantitative estimate of drug-likeness (QED) is 0.479. The molecule has 2 N–H and O–H groups in total. The highest BCUT2D eigenvalue weighted by atomic mass is 35.5. The smallest absolute Gasteiger partial charge is 0.246 e. The van der Waals surface area contributed by atoms with Crippen molar-refractivity contribution in [3.8, 4) is 0 Å². The van der Waals surface area contributed by atoms with E-state index in [1.807, 2.05) is 49.4 Å². The van der Waals surface area contributed by atoms with Gasteiger partial charge >= 0.3 is 0 Å². The van der Waals surface area contributed by atoms with Gasteiger partial charge in [-0.1, -0.05) is 80.8 Å². The SMILES string of the molecule is C[C@@H]1[C@H](C)CCC[C@@H]1NC(=O)[C@@H]1N([C@H](C)c2ccccc2)C(=O)[C@H]2[C@H](C(=O)Nc3ccc(Cl)cc3)[C@H]3C=C[C@@]12O3. The number of fused-ring (bicyclic) bond motifs is 1. The molecule has 7 nitrogen and oxygen atoms in total. The third kappa shape index (κ3) is 4.34. The summed E-state index contributed by atoms with van der Waals surface area (Å²) in [6.45, 7) is 6.36. The van der Waals surface area contributed by atoms with Crippen LogP contribution in [0.2, 0.25) is 5.02 Å². The average molecular weight is 562 g/mol. The van der Waals surface area contributed by atoms with Crippen LogP contribution < -0.4 is 10.6 Å². The number of hydrogen-bond donors (Lipinski definition) is 2. The van der Waals surface area contributed by atoms with E-state index < -0.39 is 29.6 Å². The van der Waals surface area contributed by atoms with Crippen LogP contribution in [0, 0.1) is 23.7 Å². The van der Waals surface area contributed by atoms with E-state index >= 15 is 0 Å². The van der Waals surface area contributed by atoms with Crippen LogP contribution in [0.1, 0.15) is 51.6 Å². The number of hydrogen-bond acceptors (Lipinski definition) is 4. The molecule has 4 aliphatic rings. The first-order chi connectivity index (χ1) is 19.2. The molecule has 2 bridgehead atoms. The van der Waals surface area contributed by atoms with Crippen LogP contribution in [-0.2, 0) is 19.1 Å². The zero-order valence-electron chi connectivity index (χ0n) is 23.0. The number of nitrogens with zero attached hydrogens (tertiary/aromatic N) is 1. The summed E-state index contributed by atoms with van der Waals surface area (Å²) >= 11 is 6.02. The van der Waals surface area contributed by atoms with Gasteiger partial charge in [-0.3, -0.25) is 14.4 Å². The Morgan fingerprint density at radius 3 is 2.50 bits per heavy atom. The summed E-state index contributed by atoms with van der Waals surface area (Å²) < 4.78 is 6.52. The van der Waals surface area contributed by atoms with E-state index in [4.69, 9.17) is 16.3 Å². The average Bonchev–Trinajstić information content (AvgIpc) is 3.60. The number of halogens is 1. The number of nitrogens with one attached hydrogen (secondary N) is 2. The van der Waals surface area contributed by atoms with Gasteiger partial charge in [0.15, 0.2) is 0 Å². The fraction of sp³-hybridized carbons (Fsp3) is 0.469. The van der Waals surface area contributed by atoms with Gasteiger partial charge in [0.05, 0.1) is 24.0 Å². The molecule has 1 saturated carbocycles. The molecule has 2 aromatic carbocycles. The number of likely N-dealkylation sites (tertiary alicyclic amines) is 1. The topological polar surface area (TPSA) is 87.7 Å². The van der Waals surface area contributed by atoms with Gasteiger partial charge in [-0.25, -0.2) is 0 Å². The van der Waals surface area contributed by atoms with Gasteiger partial charge in [-0.05, 0) is 55.0 Å². The first-order valence-corrected chi connectivity index (χ1v) is 14.7. The molecule has 3 heterocycles. The molecule has 40 heavy (non-hydrogen) atoms. The lowest BCUT2D eigenvalue weighted by atomic mass is 9.73. The van der Waals surface area contributed by atoms with Crippen LogP contribution in [0.15, 0.2) is 66.7 Å². The lowest BCUT2D eigenvalue weighted by Gasteiger charge is -2.39. The van der Waals surface area contributed by atoms with Crippen LogP contribution in [0.4, 0.5) is 5.69 Å². The van der Waals surface area contributed by atoms with E-state index in [-0.39, 0.29) is 29.8 Å². The van der Waals surface area contributed by atoms with Gasteiger partial charge in [-0.15, -0.1) is 0 Å². The van der Waals surface area contributed by atoms with Crippen molar-refractivity contribution in [3.05, 3.63) is 77.3 Å². The lowest BCUT2D eigenvalue weighted by molar-refractivity contribution is -0.144. The summed E-state index contributed by atoms with van der Waals surface area (Å²) in [5.41, 5.74) is 0.302. The van der Waals surface area contributed by atoms with Crippen molar-refractivity contribution < 1.29 is 19.1 Å². The monoisotopic (exact) mass is 561 g/mol. The molecule has 1 spiro atoms. The Hall–Kier alpha value is -3.16. The molecule has 8 heteroatoms. The van der Waals surface area contributed by atoms with Crippen molar-refractivity contribution >= 4 is 35.0 Å². The molecule has 3 amide bonds. The minimum absolute atomic E-state index is 0.0299. The van der Waals surface area contributed by atoms with Crippen molar-refractivity contribution in [1.29, 1.82) is 0 Å². The fourth-order valence-electron chi connectivity index (χ4n) is 7.32. The van der Waals surface area contributed by atoms with Crippen molar-refractivity contribution in [2.24, 2.45) is 23.7 Å². The Morgan fingerprint density at radius 2 is 1.77 bits per heavy atom. The van der Waals surface area contributed by atoms with E-state index in [1.54, 1.807) is 29.2 Å². The summed E-state index contributed by atoms with van der Waals surface area (Å²) in [5, 5.41) is 6.82. The summed E-state index contributed by atoms with van der Waals surface area (Å²) in [6.07, 6.45) is 6.24. The van der Waals surface area contributed by atoms with Crippen molar-refractivity contribution in [3.63, 3.8) is 0 Å². The highest BCUT2D eigenvalue weighted by Crippen LogP contribution is 2.56. The van der Waals surface area contributed by atoms with Crippen LogP contribution in [0.25, 0.3) is 0 Å². The molecule has 3 fully saturated rings. The van der Waals surface area contributed by atoms with Gasteiger partial charge in [0.25, 0.3) is 0 Å². The molecule has 1 aliphatic carbocycles. The number of anilines is 1. The van der Waals surface area contributed by atoms with Gasteiger partial charge in [0, 0.05) is 16.8 Å². The predicted molar refractivity (Wildman–Crippen MR) is 153 cm³/mol. The van der Waals surface area contributed by atoms with Crippen molar-refractivity contribution in [2.75, 3.05) is 5.32 Å². The zero-order chi connectivity index (χ0) is 28.2. The summed E-state index contributed by atoms with van der Waals surface area (Å²) in [6, 6.07) is 15.3. The third-order valence-electron chi connectivity index (χ3n) is 9.71. The molecule has 3 aliphatic heterocycles. The summed E-state index contributed by atoms with van der Waals surface area (Å²) in [5.74, 6) is -1.48. The third-order valence-corrected chi connectivity index (χ3v) is 9.96. The normalized spacial score (nSPS) is 35.0. The maximum absolute atomic E-state index is 14.4. The molecule has 210 valence electrons. The highest BCUT2D eigenvalue weighted by Gasteiger charge is 2.73. The Balaban J connectivity index is 1.35. The molecule has 6 rings (SSSR count). The van der Waals surface area contributed by atoms with Gasteiger partial charge in [0.2, 0.25) is 17.7 Å². The molecule has 9 atom stereocenters. The zero-order valence-corrected chi connectivity index (χ0v) is 23.8. The molecular formula is C32H36ClN3O4. The molecule has 0 aromatic heterocycles. The number of ether oxygens (including phenoxy) is 1. The maximum atomic E-state index is 14.4. The highest BCUT2D eigenvalue weighted by molar-refractivity contribution is 6.30. The Labute approximate surface area is 240 Å². The van der Waals surface area contributed by atoms with Crippen LogP contribution in [0.3, 0.4) is 0 Å². The molecular weight excluding hydrogens is 526 g/mol. The second kappa shape index (κ2) is 10.3. The summed E-state index contributed by atoms with van der Waals surface area (Å²) in [4.78, 5) is 43.9. The second-order valence-corrected chi connectivity index (χ2v) is 12.3. The Morgan fingerprint density at radius 1 is 1.05 bits per heavy atom. The van der Waals surface area contributed by atoms with E-state index in [9.17, 15) is 14.4 Å². The largest absolute Gasteiger partial charge is 0.359 e. The van der Waals surface area contributed by atoms with Crippen LogP contribution in [-0.4, -0.2) is 46.4 Å². The number of amides is 3. The Kier molecular flexibility index (Phi) is 6.99. The van der Waals surface area contributed by atoms with E-state index in [1.165, 1.54) is 0 Å². The van der Waals surface area contributed by atoms with Gasteiger partial charge < -0.3 is 20.3 Å². The minimum atomic E-state index is -1.21. The van der Waals surface area contributed by atoms with Crippen LogP contribution in [0.5, 0.6) is 0 Å². The lowest BCUT2D eigenvalue weighted by Crippen LogP contribution is -2.58. The number of carbonyl (C=O) groups excluding carboxylic acids is 3. The standard InChI is InChI=1S/C32H36ClN3O4/c1-18-8-7-11-24(19(18)2)35-30(38)28-32-17-16-25(40-32)26(29(37)34-23-14-12-22(33)13-15-23)27(32)31(39)36(28)20(3)21-9-5-4-6-10-21/h4-6,9-10,12-20,24-28H,7-8,11H2,1-3H3,(H,34,37)(H,35,38)/t18-,19-,20-,24+,25-,26-,27-,28+,32+/m1/s1. The Bertz CT molecular complexity index is 1330. The number of benzene rings is 2. The van der Waals surface area contributed by atoms with Crippen LogP contribution >= 0.6 is 11.6 Å².